The summed E-state index contributed by atoms with van der Waals surface area (Å²) >= 11 is 0. The fourth-order valence-electron chi connectivity index (χ4n) is 4.58. The lowest BCUT2D eigenvalue weighted by molar-refractivity contribution is 0.0990. The minimum Gasteiger partial charge on any atom is -0.454 e. The van der Waals surface area contributed by atoms with Crippen LogP contribution in [0.5, 0.6) is 0 Å². The van der Waals surface area contributed by atoms with Crippen LogP contribution >= 0.6 is 0 Å². The van der Waals surface area contributed by atoms with E-state index in [1.165, 1.54) is 0 Å². The van der Waals surface area contributed by atoms with Gasteiger partial charge in [-0.1, -0.05) is 35.9 Å². The predicted molar refractivity (Wildman–Crippen MR) is 123 cm³/mol. The number of rotatable bonds is 3. The van der Waals surface area contributed by atoms with Crippen LogP contribution in [0.2, 0.25) is 0 Å². The largest absolute Gasteiger partial charge is 0.454 e. The molecular formula is C27H23NO3. The third-order valence-corrected chi connectivity index (χ3v) is 6.11. The number of hydrogen-bond donors (Lipinski definition) is 0. The van der Waals surface area contributed by atoms with Crippen LogP contribution in [0.25, 0.3) is 28.5 Å². The van der Waals surface area contributed by atoms with Gasteiger partial charge in [0.2, 0.25) is 0 Å². The van der Waals surface area contributed by atoms with Gasteiger partial charge in [-0.3, -0.25) is 9.59 Å². The van der Waals surface area contributed by atoms with E-state index in [-0.39, 0.29) is 17.1 Å². The summed E-state index contributed by atoms with van der Waals surface area (Å²) in [5, 5.41) is 0. The number of carbonyl (C=O) groups excluding carboxylic acids is 2. The van der Waals surface area contributed by atoms with Gasteiger partial charge in [-0.25, -0.2) is 0 Å². The molecule has 4 heteroatoms. The first kappa shape index (κ1) is 19.3. The summed E-state index contributed by atoms with van der Waals surface area (Å²) in [6.07, 6.45) is 1.71. The smallest absolute Gasteiger partial charge is 0.197 e. The second-order valence-electron chi connectivity index (χ2n) is 8.21. The van der Waals surface area contributed by atoms with E-state index in [4.69, 9.17) is 4.42 Å². The maximum atomic E-state index is 12.9. The van der Waals surface area contributed by atoms with Crippen molar-refractivity contribution in [2.75, 3.05) is 0 Å². The Bertz CT molecular complexity index is 1410. The van der Waals surface area contributed by atoms with E-state index in [9.17, 15) is 9.59 Å². The first-order chi connectivity index (χ1) is 14.9. The molecule has 0 unspecified atom stereocenters. The van der Waals surface area contributed by atoms with Crippen LogP contribution in [-0.2, 0) is 6.54 Å². The second-order valence-corrected chi connectivity index (χ2v) is 8.21. The molecule has 31 heavy (non-hydrogen) atoms. The molecule has 0 saturated heterocycles. The fourth-order valence-corrected chi connectivity index (χ4v) is 4.58. The van der Waals surface area contributed by atoms with Gasteiger partial charge >= 0.3 is 0 Å². The van der Waals surface area contributed by atoms with E-state index in [1.54, 1.807) is 18.2 Å². The number of fused-ring (bicyclic) bond motifs is 2. The highest BCUT2D eigenvalue weighted by atomic mass is 16.3. The van der Waals surface area contributed by atoms with Crippen molar-refractivity contribution in [1.29, 1.82) is 0 Å². The number of carbonyl (C=O) groups is 2. The summed E-state index contributed by atoms with van der Waals surface area (Å²) in [5.41, 5.74) is 8.09. The molecule has 4 nitrogen and oxygen atoms in total. The van der Waals surface area contributed by atoms with E-state index in [1.807, 2.05) is 38.1 Å². The third-order valence-electron chi connectivity index (χ3n) is 6.11. The fraction of sp³-hybridized carbons (Fsp3) is 0.185. The summed E-state index contributed by atoms with van der Waals surface area (Å²) in [6.45, 7) is 8.82. The molecule has 0 radical (unpaired) electrons. The van der Waals surface area contributed by atoms with Crippen LogP contribution in [0.1, 0.15) is 50.0 Å². The molecule has 0 fully saturated rings. The molecule has 1 aliphatic carbocycles. The molecule has 0 spiro atoms. The molecule has 0 aliphatic heterocycles. The molecule has 0 N–H and O–H groups in total. The Labute approximate surface area is 180 Å². The molecule has 154 valence electrons. The number of hydrogen-bond acceptors (Lipinski definition) is 3. The molecule has 0 saturated carbocycles. The van der Waals surface area contributed by atoms with Crippen molar-refractivity contribution >= 4 is 28.7 Å². The number of ketones is 2. The highest BCUT2D eigenvalue weighted by Gasteiger charge is 2.33. The predicted octanol–water partition coefficient (Wildman–Crippen LogP) is 6.31. The summed E-state index contributed by atoms with van der Waals surface area (Å²) in [7, 11) is 0. The Hall–Kier alpha value is -3.66. The van der Waals surface area contributed by atoms with Gasteiger partial charge in [-0.2, -0.15) is 0 Å². The van der Waals surface area contributed by atoms with Crippen LogP contribution in [0.15, 0.2) is 58.5 Å². The topological polar surface area (TPSA) is 52.2 Å². The first-order valence-corrected chi connectivity index (χ1v) is 10.5. The molecule has 2 heterocycles. The minimum atomic E-state index is -0.211. The molecule has 0 atom stereocenters. The Morgan fingerprint density at radius 2 is 1.61 bits per heavy atom. The number of aryl methyl sites for hydroxylation is 4. The van der Waals surface area contributed by atoms with Crippen molar-refractivity contribution in [2.45, 2.75) is 34.2 Å². The molecule has 2 aromatic carbocycles. The molecule has 5 rings (SSSR count). The SMILES string of the molecule is CCn1c(/C=C2/C(=O)c3ccc(C)cc3C2=O)cc2oc(-c3c(C)cccc3C)cc21. The number of nitrogens with zero attached hydrogens (tertiary/aromatic N) is 1. The molecule has 4 aromatic rings. The van der Waals surface area contributed by atoms with Crippen LogP contribution < -0.4 is 0 Å². The van der Waals surface area contributed by atoms with Gasteiger partial charge in [-0.05, 0) is 51.0 Å². The van der Waals surface area contributed by atoms with Crippen LogP contribution in [0.3, 0.4) is 0 Å². The van der Waals surface area contributed by atoms with Crippen molar-refractivity contribution in [3.8, 4) is 11.3 Å². The van der Waals surface area contributed by atoms with Gasteiger partial charge in [0.1, 0.15) is 5.76 Å². The zero-order chi connectivity index (χ0) is 21.9. The Balaban J connectivity index is 1.62. The summed E-state index contributed by atoms with van der Waals surface area (Å²) in [5.74, 6) is 0.412. The summed E-state index contributed by atoms with van der Waals surface area (Å²) in [6, 6.07) is 15.6. The number of allylic oxidation sites excluding steroid dienone is 1. The molecular weight excluding hydrogens is 386 g/mol. The Kier molecular flexibility index (Phi) is 4.33. The van der Waals surface area contributed by atoms with Crippen molar-refractivity contribution < 1.29 is 14.0 Å². The average Bonchev–Trinajstić information content (AvgIpc) is 3.34. The van der Waals surface area contributed by atoms with Gasteiger partial charge < -0.3 is 8.98 Å². The molecule has 0 bridgehead atoms. The summed E-state index contributed by atoms with van der Waals surface area (Å²) < 4.78 is 8.30. The zero-order valence-electron chi connectivity index (χ0n) is 18.1. The average molecular weight is 409 g/mol. The second kappa shape index (κ2) is 6.95. The number of Topliss-reactive ketones (excluding diaryl/α,β-unsaturated/α-hetero) is 2. The third kappa shape index (κ3) is 2.90. The minimum absolute atomic E-state index is 0.208. The standard InChI is InChI=1S/C27H23NO3/c1-5-28-18(12-21-26(29)19-10-9-15(2)11-20(19)27(21)30)13-23-22(28)14-24(31-23)25-16(3)7-6-8-17(25)4/h6-14H,5H2,1-4H3/b21-12-. The van der Waals surface area contributed by atoms with E-state index >= 15 is 0 Å². The van der Waals surface area contributed by atoms with E-state index in [0.29, 0.717) is 17.7 Å². The van der Waals surface area contributed by atoms with Gasteiger partial charge in [0.15, 0.2) is 17.1 Å². The zero-order valence-corrected chi connectivity index (χ0v) is 18.1. The van der Waals surface area contributed by atoms with Crippen LogP contribution in [0, 0.1) is 20.8 Å². The van der Waals surface area contributed by atoms with Gasteiger partial charge in [-0.15, -0.1) is 0 Å². The highest BCUT2D eigenvalue weighted by molar-refractivity contribution is 6.41. The monoisotopic (exact) mass is 409 g/mol. The van der Waals surface area contributed by atoms with Crippen molar-refractivity contribution in [3.63, 3.8) is 0 Å². The first-order valence-electron chi connectivity index (χ1n) is 10.5. The lowest BCUT2D eigenvalue weighted by atomic mass is 10.0. The van der Waals surface area contributed by atoms with Gasteiger partial charge in [0.05, 0.1) is 11.1 Å². The molecule has 2 aromatic heterocycles. The Morgan fingerprint density at radius 1 is 0.903 bits per heavy atom. The quantitative estimate of drug-likeness (QED) is 0.294. The number of benzene rings is 2. The van der Waals surface area contributed by atoms with E-state index in [0.717, 1.165) is 44.8 Å². The normalized spacial score (nSPS) is 14.8. The van der Waals surface area contributed by atoms with Crippen molar-refractivity contribution in [1.82, 2.24) is 4.57 Å². The molecule has 0 amide bonds. The molecule has 1 aliphatic rings. The van der Waals surface area contributed by atoms with Crippen LogP contribution in [-0.4, -0.2) is 16.1 Å². The lowest BCUT2D eigenvalue weighted by Gasteiger charge is -2.07. The Morgan fingerprint density at radius 3 is 2.32 bits per heavy atom. The number of furan rings is 1. The number of aromatic nitrogens is 1. The van der Waals surface area contributed by atoms with Crippen LogP contribution in [0.4, 0.5) is 0 Å². The van der Waals surface area contributed by atoms with Gasteiger partial charge in [0, 0.05) is 41.1 Å². The maximum Gasteiger partial charge on any atom is 0.197 e. The summed E-state index contributed by atoms with van der Waals surface area (Å²) in [4.78, 5) is 25.8. The highest BCUT2D eigenvalue weighted by Crippen LogP contribution is 2.35. The lowest BCUT2D eigenvalue weighted by Crippen LogP contribution is -2.03. The van der Waals surface area contributed by atoms with Gasteiger partial charge in [0.25, 0.3) is 0 Å². The van der Waals surface area contributed by atoms with Crippen molar-refractivity contribution in [3.05, 3.63) is 87.6 Å². The van der Waals surface area contributed by atoms with E-state index < -0.39 is 0 Å². The maximum absolute atomic E-state index is 12.9. The van der Waals surface area contributed by atoms with E-state index in [2.05, 4.69) is 30.5 Å². The van der Waals surface area contributed by atoms with Crippen molar-refractivity contribution in [2.24, 2.45) is 0 Å².